The predicted molar refractivity (Wildman–Crippen MR) is 68.2 cm³/mol. The van der Waals surface area contributed by atoms with E-state index in [2.05, 4.69) is 5.32 Å². The lowest BCUT2D eigenvalue weighted by atomic mass is 9.83. The second-order valence-electron chi connectivity index (χ2n) is 5.00. The Morgan fingerprint density at radius 3 is 2.65 bits per heavy atom. The number of carbonyl (C=O) groups is 1. The maximum atomic E-state index is 11.8. The number of anilines is 1. The van der Waals surface area contributed by atoms with Crippen LogP contribution in [0.15, 0.2) is 12.1 Å². The van der Waals surface area contributed by atoms with Crippen molar-refractivity contribution in [2.45, 2.75) is 39.5 Å². The van der Waals surface area contributed by atoms with Gasteiger partial charge in [0, 0.05) is 12.1 Å². The summed E-state index contributed by atoms with van der Waals surface area (Å²) in [5, 5.41) is 12.5. The Balaban J connectivity index is 2.02. The average Bonchev–Trinajstić information content (AvgIpc) is 2.20. The Morgan fingerprint density at radius 2 is 2.06 bits per heavy atom. The Kier molecular flexibility index (Phi) is 3.36. The highest BCUT2D eigenvalue weighted by molar-refractivity contribution is 5.91. The largest absolute Gasteiger partial charge is 0.508 e. The zero-order chi connectivity index (χ0) is 12.4. The lowest BCUT2D eigenvalue weighted by Crippen LogP contribution is -2.21. The first kappa shape index (κ1) is 12.0. The number of nitrogens with one attached hydrogen (secondary N) is 1. The van der Waals surface area contributed by atoms with Gasteiger partial charge in [-0.15, -0.1) is 0 Å². The monoisotopic (exact) mass is 233 g/mol. The maximum Gasteiger partial charge on any atom is 0.224 e. The molecule has 0 aromatic heterocycles. The van der Waals surface area contributed by atoms with Crippen molar-refractivity contribution in [3.8, 4) is 5.75 Å². The fourth-order valence-corrected chi connectivity index (χ4v) is 2.10. The third-order valence-electron chi connectivity index (χ3n) is 3.52. The summed E-state index contributed by atoms with van der Waals surface area (Å²) >= 11 is 0. The highest BCUT2D eigenvalue weighted by atomic mass is 16.3. The molecule has 0 saturated heterocycles. The molecule has 0 heterocycles. The van der Waals surface area contributed by atoms with Crippen molar-refractivity contribution >= 4 is 11.6 Å². The first-order chi connectivity index (χ1) is 8.06. The SMILES string of the molecule is Cc1cc(NC(=O)CC2CCC2)c(C)cc1O. The maximum absolute atomic E-state index is 11.8. The number of phenols is 1. The Bertz CT molecular complexity index is 436. The predicted octanol–water partition coefficient (Wildman–Crippen LogP) is 3.14. The van der Waals surface area contributed by atoms with Crippen molar-refractivity contribution in [3.63, 3.8) is 0 Å². The van der Waals surface area contributed by atoms with Gasteiger partial charge in [0.05, 0.1) is 0 Å². The van der Waals surface area contributed by atoms with Crippen LogP contribution in [0, 0.1) is 19.8 Å². The van der Waals surface area contributed by atoms with Crippen LogP contribution in [0.1, 0.15) is 36.8 Å². The van der Waals surface area contributed by atoms with Crippen molar-refractivity contribution in [2.75, 3.05) is 5.32 Å². The minimum Gasteiger partial charge on any atom is -0.508 e. The van der Waals surface area contributed by atoms with Gasteiger partial charge in [0.2, 0.25) is 5.91 Å². The lowest BCUT2D eigenvalue weighted by molar-refractivity contribution is -0.117. The molecule has 0 bridgehead atoms. The molecule has 1 aliphatic carbocycles. The zero-order valence-corrected chi connectivity index (χ0v) is 10.4. The smallest absolute Gasteiger partial charge is 0.224 e. The molecule has 1 fully saturated rings. The second-order valence-corrected chi connectivity index (χ2v) is 5.00. The number of rotatable bonds is 3. The summed E-state index contributed by atoms with van der Waals surface area (Å²) in [6, 6.07) is 3.51. The molecular formula is C14H19NO2. The summed E-state index contributed by atoms with van der Waals surface area (Å²) in [6.45, 7) is 3.72. The van der Waals surface area contributed by atoms with E-state index >= 15 is 0 Å². The van der Waals surface area contributed by atoms with E-state index in [-0.39, 0.29) is 11.7 Å². The molecule has 0 unspecified atom stereocenters. The molecule has 0 radical (unpaired) electrons. The minimum atomic E-state index is 0.0860. The molecule has 3 heteroatoms. The van der Waals surface area contributed by atoms with E-state index in [1.807, 2.05) is 19.9 Å². The topological polar surface area (TPSA) is 49.3 Å². The molecule has 1 aromatic rings. The molecule has 1 aliphatic rings. The number of hydrogen-bond donors (Lipinski definition) is 2. The van der Waals surface area contributed by atoms with Gasteiger partial charge in [-0.1, -0.05) is 6.42 Å². The van der Waals surface area contributed by atoms with Gasteiger partial charge in [-0.2, -0.15) is 0 Å². The van der Waals surface area contributed by atoms with Crippen LogP contribution >= 0.6 is 0 Å². The van der Waals surface area contributed by atoms with E-state index in [0.29, 0.717) is 12.3 Å². The van der Waals surface area contributed by atoms with E-state index < -0.39 is 0 Å². The van der Waals surface area contributed by atoms with Crippen LogP contribution in [-0.2, 0) is 4.79 Å². The molecule has 17 heavy (non-hydrogen) atoms. The summed E-state index contributed by atoms with van der Waals surface area (Å²) in [7, 11) is 0. The molecule has 0 atom stereocenters. The van der Waals surface area contributed by atoms with Crippen LogP contribution in [0.25, 0.3) is 0 Å². The van der Waals surface area contributed by atoms with E-state index in [1.54, 1.807) is 6.07 Å². The van der Waals surface area contributed by atoms with Gasteiger partial charge in [-0.3, -0.25) is 4.79 Å². The molecule has 0 spiro atoms. The van der Waals surface area contributed by atoms with Crippen LogP contribution in [0.4, 0.5) is 5.69 Å². The van der Waals surface area contributed by atoms with E-state index in [4.69, 9.17) is 0 Å². The van der Waals surface area contributed by atoms with Crippen molar-refractivity contribution < 1.29 is 9.90 Å². The Hall–Kier alpha value is -1.51. The van der Waals surface area contributed by atoms with Gasteiger partial charge < -0.3 is 10.4 Å². The number of aryl methyl sites for hydroxylation is 2. The Morgan fingerprint density at radius 1 is 1.35 bits per heavy atom. The molecule has 1 saturated carbocycles. The zero-order valence-electron chi connectivity index (χ0n) is 10.4. The first-order valence-corrected chi connectivity index (χ1v) is 6.16. The van der Waals surface area contributed by atoms with Gasteiger partial charge >= 0.3 is 0 Å². The fraction of sp³-hybridized carbons (Fsp3) is 0.500. The van der Waals surface area contributed by atoms with Crippen LogP contribution in [0.2, 0.25) is 0 Å². The number of benzene rings is 1. The van der Waals surface area contributed by atoms with Crippen molar-refractivity contribution in [1.29, 1.82) is 0 Å². The standard InChI is InChI=1S/C14H19NO2/c1-9-7-13(16)10(2)6-12(9)15-14(17)8-11-4-3-5-11/h6-7,11,16H,3-5,8H2,1-2H3,(H,15,17). The van der Waals surface area contributed by atoms with Gasteiger partial charge in [0.1, 0.15) is 5.75 Å². The normalized spacial score (nSPS) is 15.4. The molecular weight excluding hydrogens is 214 g/mol. The summed E-state index contributed by atoms with van der Waals surface area (Å²) in [6.07, 6.45) is 4.25. The van der Waals surface area contributed by atoms with E-state index in [9.17, 15) is 9.90 Å². The summed E-state index contributed by atoms with van der Waals surface area (Å²) < 4.78 is 0. The first-order valence-electron chi connectivity index (χ1n) is 6.16. The third-order valence-corrected chi connectivity index (χ3v) is 3.52. The van der Waals surface area contributed by atoms with Crippen LogP contribution < -0.4 is 5.32 Å². The highest BCUT2D eigenvalue weighted by Crippen LogP contribution is 2.30. The van der Waals surface area contributed by atoms with Gasteiger partial charge in [-0.05, 0) is 55.9 Å². The third kappa shape index (κ3) is 2.78. The number of phenolic OH excluding ortho intramolecular Hbond substituents is 1. The van der Waals surface area contributed by atoms with Gasteiger partial charge in [0.15, 0.2) is 0 Å². The van der Waals surface area contributed by atoms with Crippen molar-refractivity contribution in [1.82, 2.24) is 0 Å². The summed E-state index contributed by atoms with van der Waals surface area (Å²) in [5.41, 5.74) is 2.49. The average molecular weight is 233 g/mol. The molecule has 3 nitrogen and oxygen atoms in total. The highest BCUT2D eigenvalue weighted by Gasteiger charge is 2.20. The van der Waals surface area contributed by atoms with Crippen LogP contribution in [-0.4, -0.2) is 11.0 Å². The molecule has 1 aromatic carbocycles. The lowest BCUT2D eigenvalue weighted by Gasteiger charge is -2.24. The van der Waals surface area contributed by atoms with Crippen LogP contribution in [0.3, 0.4) is 0 Å². The fourth-order valence-electron chi connectivity index (χ4n) is 2.10. The van der Waals surface area contributed by atoms with E-state index in [1.165, 1.54) is 19.3 Å². The summed E-state index contributed by atoms with van der Waals surface area (Å²) in [5.74, 6) is 0.941. The molecule has 92 valence electrons. The quantitative estimate of drug-likeness (QED) is 0.788. The molecule has 1 amide bonds. The number of carbonyl (C=O) groups excluding carboxylic acids is 1. The number of amides is 1. The second kappa shape index (κ2) is 4.78. The van der Waals surface area contributed by atoms with E-state index in [0.717, 1.165) is 16.8 Å². The van der Waals surface area contributed by atoms with Gasteiger partial charge in [-0.25, -0.2) is 0 Å². The van der Waals surface area contributed by atoms with Gasteiger partial charge in [0.25, 0.3) is 0 Å². The molecule has 2 N–H and O–H groups in total. The molecule has 2 rings (SSSR count). The minimum absolute atomic E-state index is 0.0860. The number of hydrogen-bond acceptors (Lipinski definition) is 2. The number of aromatic hydroxyl groups is 1. The molecule has 0 aliphatic heterocycles. The van der Waals surface area contributed by atoms with Crippen molar-refractivity contribution in [3.05, 3.63) is 23.3 Å². The van der Waals surface area contributed by atoms with Crippen LogP contribution in [0.5, 0.6) is 5.75 Å². The Labute approximate surface area is 102 Å². The summed E-state index contributed by atoms with van der Waals surface area (Å²) in [4.78, 5) is 11.8. The van der Waals surface area contributed by atoms with Crippen molar-refractivity contribution in [2.24, 2.45) is 5.92 Å².